The fourth-order valence-corrected chi connectivity index (χ4v) is 2.95. The van der Waals surface area contributed by atoms with Crippen LogP contribution in [0.4, 0.5) is 0 Å². The van der Waals surface area contributed by atoms with E-state index in [2.05, 4.69) is 22.9 Å². The molecule has 0 aromatic heterocycles. The van der Waals surface area contributed by atoms with Crippen LogP contribution in [-0.4, -0.2) is 54.1 Å². The highest BCUT2D eigenvalue weighted by molar-refractivity contribution is 9.09. The molecule has 2 aliphatic rings. The summed E-state index contributed by atoms with van der Waals surface area (Å²) in [5.41, 5.74) is 0. The number of hydrogen-bond acceptors (Lipinski definition) is 3. The third kappa shape index (κ3) is 3.68. The Hall–Kier alpha value is -0.130. The van der Waals surface area contributed by atoms with Crippen molar-refractivity contribution in [3.8, 4) is 0 Å². The molecule has 0 radical (unpaired) electrons. The number of carbonyl (C=O) groups is 1. The van der Waals surface area contributed by atoms with E-state index in [4.69, 9.17) is 9.47 Å². The van der Waals surface area contributed by atoms with Gasteiger partial charge in [0.25, 0.3) is 0 Å². The molecule has 2 heterocycles. The quantitative estimate of drug-likeness (QED) is 0.743. The third-order valence-electron chi connectivity index (χ3n) is 3.70. The summed E-state index contributed by atoms with van der Waals surface area (Å²) < 4.78 is 11.2. The second-order valence-electron chi connectivity index (χ2n) is 5.18. The maximum atomic E-state index is 12.2. The summed E-state index contributed by atoms with van der Waals surface area (Å²) in [5.74, 6) is 0.243. The molecule has 0 N–H and O–H groups in total. The maximum absolute atomic E-state index is 12.2. The molecule has 3 atom stereocenters. The van der Waals surface area contributed by atoms with Crippen LogP contribution in [0.15, 0.2) is 0 Å². The fraction of sp³-hybridized carbons (Fsp3) is 0.923. The Morgan fingerprint density at radius 3 is 2.89 bits per heavy atom. The first kappa shape index (κ1) is 14.3. The van der Waals surface area contributed by atoms with E-state index in [-0.39, 0.29) is 18.1 Å². The molecule has 2 saturated heterocycles. The second-order valence-corrected chi connectivity index (χ2v) is 5.83. The lowest BCUT2D eigenvalue weighted by atomic mass is 10.1. The number of halogens is 1. The van der Waals surface area contributed by atoms with Crippen LogP contribution >= 0.6 is 15.9 Å². The summed E-state index contributed by atoms with van der Waals surface area (Å²) in [4.78, 5) is 14.2. The van der Waals surface area contributed by atoms with E-state index >= 15 is 0 Å². The van der Waals surface area contributed by atoms with Crippen LogP contribution in [0.5, 0.6) is 0 Å². The van der Waals surface area contributed by atoms with Gasteiger partial charge in [0, 0.05) is 24.9 Å². The van der Waals surface area contributed by atoms with Gasteiger partial charge in [-0.05, 0) is 26.2 Å². The summed E-state index contributed by atoms with van der Waals surface area (Å²) >= 11 is 3.42. The normalized spacial score (nSPS) is 32.8. The molecule has 18 heavy (non-hydrogen) atoms. The van der Waals surface area contributed by atoms with Crippen molar-refractivity contribution in [1.29, 1.82) is 0 Å². The number of alkyl halides is 1. The zero-order valence-electron chi connectivity index (χ0n) is 10.9. The van der Waals surface area contributed by atoms with Crippen LogP contribution in [0.25, 0.3) is 0 Å². The number of nitrogens with zero attached hydrogens (tertiary/aromatic N) is 1. The van der Waals surface area contributed by atoms with Crippen LogP contribution in [0.1, 0.15) is 32.6 Å². The summed E-state index contributed by atoms with van der Waals surface area (Å²) in [5, 5.41) is 0.787. The molecular formula is C13H22BrNO3. The average molecular weight is 320 g/mol. The van der Waals surface area contributed by atoms with Crippen LogP contribution in [0.2, 0.25) is 0 Å². The lowest BCUT2D eigenvalue weighted by Gasteiger charge is -2.37. The van der Waals surface area contributed by atoms with Crippen LogP contribution in [0.3, 0.4) is 0 Å². The number of carbonyl (C=O) groups excluding carboxylic acids is 1. The van der Waals surface area contributed by atoms with Crippen molar-refractivity contribution in [3.63, 3.8) is 0 Å². The number of hydrogen-bond donors (Lipinski definition) is 0. The molecule has 104 valence electrons. The Morgan fingerprint density at radius 2 is 2.22 bits per heavy atom. The molecule has 4 nitrogen and oxygen atoms in total. The first-order chi connectivity index (χ1) is 8.70. The van der Waals surface area contributed by atoms with Gasteiger partial charge in [0.05, 0.1) is 24.9 Å². The van der Waals surface area contributed by atoms with Crippen molar-refractivity contribution >= 4 is 21.8 Å². The fourth-order valence-electron chi connectivity index (χ4n) is 2.56. The molecular weight excluding hydrogens is 298 g/mol. The lowest BCUT2D eigenvalue weighted by molar-refractivity contribution is -0.143. The monoisotopic (exact) mass is 319 g/mol. The van der Waals surface area contributed by atoms with Gasteiger partial charge in [-0.1, -0.05) is 15.9 Å². The predicted octanol–water partition coefficient (Wildman–Crippen LogP) is 1.96. The minimum absolute atomic E-state index is 0.132. The molecule has 0 aliphatic carbocycles. The smallest absolute Gasteiger partial charge is 0.223 e. The van der Waals surface area contributed by atoms with E-state index < -0.39 is 0 Å². The Labute approximate surface area is 117 Å². The van der Waals surface area contributed by atoms with Gasteiger partial charge in [-0.15, -0.1) is 0 Å². The Bertz CT molecular complexity index is 281. The molecule has 0 aromatic rings. The van der Waals surface area contributed by atoms with Crippen molar-refractivity contribution in [2.75, 3.05) is 25.1 Å². The lowest BCUT2D eigenvalue weighted by Crippen LogP contribution is -2.51. The van der Waals surface area contributed by atoms with E-state index in [1.807, 2.05) is 4.90 Å². The molecule has 3 unspecified atom stereocenters. The van der Waals surface area contributed by atoms with Gasteiger partial charge in [0.2, 0.25) is 5.91 Å². The molecule has 2 aliphatic heterocycles. The highest BCUT2D eigenvalue weighted by Crippen LogP contribution is 2.19. The van der Waals surface area contributed by atoms with Gasteiger partial charge in [0.15, 0.2) is 0 Å². The summed E-state index contributed by atoms with van der Waals surface area (Å²) in [7, 11) is 0. The van der Waals surface area contributed by atoms with Crippen molar-refractivity contribution in [1.82, 2.24) is 4.90 Å². The molecule has 0 spiro atoms. The van der Waals surface area contributed by atoms with Gasteiger partial charge in [-0.3, -0.25) is 4.79 Å². The van der Waals surface area contributed by atoms with E-state index in [1.165, 1.54) is 0 Å². The van der Waals surface area contributed by atoms with Crippen molar-refractivity contribution in [2.45, 2.75) is 50.9 Å². The zero-order valence-corrected chi connectivity index (χ0v) is 12.5. The highest BCUT2D eigenvalue weighted by atomic mass is 79.9. The molecule has 2 rings (SSSR count). The Balaban J connectivity index is 1.78. The van der Waals surface area contributed by atoms with E-state index in [0.717, 1.165) is 31.2 Å². The van der Waals surface area contributed by atoms with Crippen LogP contribution in [-0.2, 0) is 14.3 Å². The van der Waals surface area contributed by atoms with Gasteiger partial charge >= 0.3 is 0 Å². The summed E-state index contributed by atoms with van der Waals surface area (Å²) in [6.45, 7) is 4.26. The second kappa shape index (κ2) is 6.87. The Kier molecular flexibility index (Phi) is 5.45. The number of rotatable bonds is 4. The first-order valence-electron chi connectivity index (χ1n) is 6.79. The SMILES string of the molecule is CC1COC(CBr)CN1C(=O)CCC1CCCO1. The third-order valence-corrected chi connectivity index (χ3v) is 4.42. The predicted molar refractivity (Wildman–Crippen MR) is 72.9 cm³/mol. The first-order valence-corrected chi connectivity index (χ1v) is 7.91. The highest BCUT2D eigenvalue weighted by Gasteiger charge is 2.29. The molecule has 0 saturated carbocycles. The zero-order chi connectivity index (χ0) is 13.0. The largest absolute Gasteiger partial charge is 0.378 e. The number of morpholine rings is 1. The van der Waals surface area contributed by atoms with Gasteiger partial charge < -0.3 is 14.4 Å². The van der Waals surface area contributed by atoms with Gasteiger partial charge in [-0.2, -0.15) is 0 Å². The van der Waals surface area contributed by atoms with Crippen LogP contribution in [0, 0.1) is 0 Å². The van der Waals surface area contributed by atoms with Crippen molar-refractivity contribution < 1.29 is 14.3 Å². The average Bonchev–Trinajstić information content (AvgIpc) is 2.89. The minimum atomic E-state index is 0.132. The number of ether oxygens (including phenoxy) is 2. The van der Waals surface area contributed by atoms with E-state index in [1.54, 1.807) is 0 Å². The van der Waals surface area contributed by atoms with Crippen molar-refractivity contribution in [2.24, 2.45) is 0 Å². The Morgan fingerprint density at radius 1 is 1.39 bits per heavy atom. The standard InChI is InChI=1S/C13H22BrNO3/c1-10-9-18-12(7-14)8-15(10)13(16)5-4-11-3-2-6-17-11/h10-12H,2-9H2,1H3. The topological polar surface area (TPSA) is 38.8 Å². The van der Waals surface area contributed by atoms with Gasteiger partial charge in [0.1, 0.15) is 0 Å². The number of amides is 1. The van der Waals surface area contributed by atoms with Crippen LogP contribution < -0.4 is 0 Å². The molecule has 5 heteroatoms. The molecule has 2 fully saturated rings. The van der Waals surface area contributed by atoms with Gasteiger partial charge in [-0.25, -0.2) is 0 Å². The summed E-state index contributed by atoms with van der Waals surface area (Å²) in [6, 6.07) is 0.192. The van der Waals surface area contributed by atoms with Crippen molar-refractivity contribution in [3.05, 3.63) is 0 Å². The molecule has 0 bridgehead atoms. The minimum Gasteiger partial charge on any atom is -0.378 e. The summed E-state index contributed by atoms with van der Waals surface area (Å²) in [6.07, 6.45) is 4.14. The van der Waals surface area contributed by atoms with E-state index in [0.29, 0.717) is 25.7 Å². The molecule has 0 aromatic carbocycles. The molecule has 1 amide bonds. The van der Waals surface area contributed by atoms with E-state index in [9.17, 15) is 4.79 Å². The maximum Gasteiger partial charge on any atom is 0.223 e.